The minimum Gasteiger partial charge on any atom is -0.323 e. The maximum absolute atomic E-state index is 13.0. The molecule has 2 heterocycles. The second kappa shape index (κ2) is 7.68. The van der Waals surface area contributed by atoms with Crippen LogP contribution in [0.3, 0.4) is 0 Å². The molecule has 1 aliphatic carbocycles. The number of urea groups is 2. The van der Waals surface area contributed by atoms with Gasteiger partial charge in [0, 0.05) is 13.0 Å². The zero-order chi connectivity index (χ0) is 22.2. The van der Waals surface area contributed by atoms with Crippen molar-refractivity contribution < 1.29 is 24.0 Å². The lowest BCUT2D eigenvalue weighted by Crippen LogP contribution is -2.49. The molecule has 10 heteroatoms. The van der Waals surface area contributed by atoms with Crippen LogP contribution in [0.2, 0.25) is 0 Å². The Morgan fingerprint density at radius 1 is 1.00 bits per heavy atom. The number of hydrazine groups is 1. The molecule has 164 valence electrons. The van der Waals surface area contributed by atoms with Gasteiger partial charge in [-0.05, 0) is 24.8 Å². The van der Waals surface area contributed by atoms with E-state index in [-0.39, 0.29) is 18.9 Å². The number of nitrogens with zero attached hydrogens (tertiary/aromatic N) is 2. The van der Waals surface area contributed by atoms with Crippen molar-refractivity contribution in [2.75, 3.05) is 6.54 Å². The van der Waals surface area contributed by atoms with Crippen molar-refractivity contribution in [3.05, 3.63) is 35.9 Å². The van der Waals surface area contributed by atoms with Crippen molar-refractivity contribution in [1.29, 1.82) is 0 Å². The second-order valence-electron chi connectivity index (χ2n) is 8.16. The molecule has 1 atom stereocenters. The molecule has 0 radical (unpaired) electrons. The van der Waals surface area contributed by atoms with E-state index in [9.17, 15) is 24.0 Å². The SMILES string of the molecule is CCC1(c2ccccc2)NC(=O)N(NC(=O)CCN2C(=O)NC3(CCCC3)C2=O)C1=O. The summed E-state index contributed by atoms with van der Waals surface area (Å²) in [5, 5.41) is 6.10. The summed E-state index contributed by atoms with van der Waals surface area (Å²) in [6, 6.07) is 7.57. The van der Waals surface area contributed by atoms with Crippen LogP contribution in [0, 0.1) is 0 Å². The number of carbonyl (C=O) groups is 5. The highest BCUT2D eigenvalue weighted by molar-refractivity contribution is 6.09. The molecule has 0 bridgehead atoms. The van der Waals surface area contributed by atoms with E-state index in [2.05, 4.69) is 16.1 Å². The molecule has 10 nitrogen and oxygen atoms in total. The predicted octanol–water partition coefficient (Wildman–Crippen LogP) is 1.13. The lowest BCUT2D eigenvalue weighted by Gasteiger charge is -2.25. The fraction of sp³-hybridized carbons (Fsp3) is 0.476. The number of nitrogens with one attached hydrogen (secondary N) is 3. The highest BCUT2D eigenvalue weighted by atomic mass is 16.2. The summed E-state index contributed by atoms with van der Waals surface area (Å²) in [6.07, 6.45) is 3.01. The Bertz CT molecular complexity index is 943. The van der Waals surface area contributed by atoms with Gasteiger partial charge in [0.05, 0.1) is 0 Å². The van der Waals surface area contributed by atoms with Crippen molar-refractivity contribution in [2.45, 2.75) is 56.5 Å². The Labute approximate surface area is 179 Å². The van der Waals surface area contributed by atoms with E-state index in [1.165, 1.54) is 0 Å². The third kappa shape index (κ3) is 3.31. The van der Waals surface area contributed by atoms with Crippen molar-refractivity contribution in [3.63, 3.8) is 0 Å². The van der Waals surface area contributed by atoms with Gasteiger partial charge in [-0.25, -0.2) is 9.59 Å². The standard InChI is InChI=1S/C21H25N5O5/c1-2-21(14-8-4-3-5-9-14)17(29)26(19(31)23-21)24-15(27)10-13-25-16(28)20(22-18(25)30)11-6-7-12-20/h3-5,8-9H,2,6-7,10-13H2,1H3,(H,22,30)(H,23,31)(H,24,27). The van der Waals surface area contributed by atoms with E-state index in [1.54, 1.807) is 37.3 Å². The third-order valence-corrected chi connectivity index (χ3v) is 6.39. The Balaban J connectivity index is 1.40. The Morgan fingerprint density at radius 3 is 2.32 bits per heavy atom. The van der Waals surface area contributed by atoms with Crippen molar-refractivity contribution in [2.24, 2.45) is 0 Å². The first-order valence-corrected chi connectivity index (χ1v) is 10.5. The van der Waals surface area contributed by atoms with E-state index in [0.717, 1.165) is 17.7 Å². The molecule has 1 aromatic rings. The number of amides is 7. The Hall–Kier alpha value is -3.43. The molecule has 2 saturated heterocycles. The molecule has 3 fully saturated rings. The van der Waals surface area contributed by atoms with Gasteiger partial charge in [0.2, 0.25) is 5.91 Å². The molecular formula is C21H25N5O5. The molecular weight excluding hydrogens is 402 g/mol. The molecule has 1 spiro atoms. The van der Waals surface area contributed by atoms with E-state index in [0.29, 0.717) is 29.8 Å². The third-order valence-electron chi connectivity index (χ3n) is 6.39. The molecule has 4 rings (SSSR count). The molecule has 0 aromatic heterocycles. The molecule has 1 unspecified atom stereocenters. The first kappa shape index (κ1) is 20.8. The summed E-state index contributed by atoms with van der Waals surface area (Å²) in [5.74, 6) is -1.54. The van der Waals surface area contributed by atoms with Crippen LogP contribution in [-0.4, -0.2) is 51.8 Å². The van der Waals surface area contributed by atoms with E-state index >= 15 is 0 Å². The van der Waals surface area contributed by atoms with Gasteiger partial charge < -0.3 is 10.6 Å². The fourth-order valence-corrected chi connectivity index (χ4v) is 4.63. The van der Waals surface area contributed by atoms with Crippen LogP contribution in [0.1, 0.15) is 51.0 Å². The second-order valence-corrected chi connectivity index (χ2v) is 8.16. The van der Waals surface area contributed by atoms with Gasteiger partial charge in [0.25, 0.3) is 11.8 Å². The van der Waals surface area contributed by atoms with Gasteiger partial charge >= 0.3 is 12.1 Å². The van der Waals surface area contributed by atoms with Crippen LogP contribution in [0.5, 0.6) is 0 Å². The molecule has 3 N–H and O–H groups in total. The molecule has 1 aromatic carbocycles. The average Bonchev–Trinajstić information content (AvgIpc) is 3.40. The minimum absolute atomic E-state index is 0.125. The smallest absolute Gasteiger partial charge is 0.323 e. The Morgan fingerprint density at radius 2 is 1.68 bits per heavy atom. The minimum atomic E-state index is -1.26. The zero-order valence-corrected chi connectivity index (χ0v) is 17.3. The first-order valence-electron chi connectivity index (χ1n) is 10.5. The maximum Gasteiger partial charge on any atom is 0.344 e. The molecule has 2 aliphatic heterocycles. The van der Waals surface area contributed by atoms with E-state index in [1.807, 2.05) is 0 Å². The summed E-state index contributed by atoms with van der Waals surface area (Å²) >= 11 is 0. The van der Waals surface area contributed by atoms with Gasteiger partial charge in [0.1, 0.15) is 11.1 Å². The maximum atomic E-state index is 13.0. The largest absolute Gasteiger partial charge is 0.344 e. The highest BCUT2D eigenvalue weighted by Gasteiger charge is 2.53. The molecule has 3 aliphatic rings. The van der Waals surface area contributed by atoms with Gasteiger partial charge in [0.15, 0.2) is 0 Å². The molecule has 7 amide bonds. The summed E-state index contributed by atoms with van der Waals surface area (Å²) in [7, 11) is 0. The number of hydrogen-bond acceptors (Lipinski definition) is 5. The van der Waals surface area contributed by atoms with Crippen LogP contribution in [0.15, 0.2) is 30.3 Å². The summed E-state index contributed by atoms with van der Waals surface area (Å²) in [5.41, 5.74) is 0.837. The van der Waals surface area contributed by atoms with Gasteiger partial charge in [-0.3, -0.25) is 24.7 Å². The van der Waals surface area contributed by atoms with Gasteiger partial charge in [-0.1, -0.05) is 50.1 Å². The van der Waals surface area contributed by atoms with Crippen molar-refractivity contribution in [3.8, 4) is 0 Å². The first-order chi connectivity index (χ1) is 14.8. The van der Waals surface area contributed by atoms with Gasteiger partial charge in [-0.15, -0.1) is 0 Å². The van der Waals surface area contributed by atoms with Crippen LogP contribution in [-0.2, 0) is 19.9 Å². The average molecular weight is 427 g/mol. The van der Waals surface area contributed by atoms with Crippen molar-refractivity contribution >= 4 is 29.8 Å². The normalized spacial score (nSPS) is 24.7. The summed E-state index contributed by atoms with van der Waals surface area (Å²) in [4.78, 5) is 63.9. The topological polar surface area (TPSA) is 128 Å². The predicted molar refractivity (Wildman–Crippen MR) is 108 cm³/mol. The number of benzene rings is 1. The van der Waals surface area contributed by atoms with Crippen LogP contribution in [0.25, 0.3) is 0 Å². The monoisotopic (exact) mass is 427 g/mol. The lowest BCUT2D eigenvalue weighted by atomic mass is 9.87. The number of rotatable bonds is 6. The fourth-order valence-electron chi connectivity index (χ4n) is 4.63. The van der Waals surface area contributed by atoms with Crippen molar-refractivity contribution in [1.82, 2.24) is 26.0 Å². The Kier molecular flexibility index (Phi) is 5.16. The number of carbonyl (C=O) groups excluding carboxylic acids is 5. The van der Waals surface area contributed by atoms with Crippen LogP contribution < -0.4 is 16.1 Å². The van der Waals surface area contributed by atoms with E-state index < -0.39 is 35.0 Å². The van der Waals surface area contributed by atoms with E-state index in [4.69, 9.17) is 0 Å². The zero-order valence-electron chi connectivity index (χ0n) is 17.3. The molecule has 1 saturated carbocycles. The quantitative estimate of drug-likeness (QED) is 0.587. The molecule has 31 heavy (non-hydrogen) atoms. The summed E-state index contributed by atoms with van der Waals surface area (Å²) < 4.78 is 0. The lowest BCUT2D eigenvalue weighted by molar-refractivity contribution is -0.140. The van der Waals surface area contributed by atoms with Crippen LogP contribution in [0.4, 0.5) is 9.59 Å². The number of imide groups is 2. The summed E-state index contributed by atoms with van der Waals surface area (Å²) in [6.45, 7) is 1.65. The number of hydrogen-bond donors (Lipinski definition) is 3. The van der Waals surface area contributed by atoms with Gasteiger partial charge in [-0.2, -0.15) is 5.01 Å². The van der Waals surface area contributed by atoms with Crippen LogP contribution >= 0.6 is 0 Å². The highest BCUT2D eigenvalue weighted by Crippen LogP contribution is 2.35.